The Morgan fingerprint density at radius 3 is 2.50 bits per heavy atom. The molecule has 0 fully saturated rings. The summed E-state index contributed by atoms with van der Waals surface area (Å²) in [6, 6.07) is 24.9. The first-order valence-corrected chi connectivity index (χ1v) is 16.4. The molecule has 0 aliphatic carbocycles. The first-order valence-electron chi connectivity index (χ1n) is 16.4. The van der Waals surface area contributed by atoms with E-state index in [2.05, 4.69) is 98.8 Å². The maximum absolute atomic E-state index is 15.2. The Bertz CT molecular complexity index is 1960. The van der Waals surface area contributed by atoms with Crippen molar-refractivity contribution >= 4 is 27.9 Å². The minimum atomic E-state index is -0.575. The molecule has 0 N–H and O–H groups in total. The third kappa shape index (κ3) is 5.34. The zero-order chi connectivity index (χ0) is 32.6. The number of unbranched alkanes of at least 4 members (excludes halogenated alkanes) is 3. The van der Waals surface area contributed by atoms with Crippen molar-refractivity contribution in [3.05, 3.63) is 131 Å². The van der Waals surface area contributed by atoms with E-state index >= 15 is 4.39 Å². The number of hydrogen-bond donors (Lipinski definition) is 0. The predicted octanol–water partition coefficient (Wildman–Crippen LogP) is 10.0. The summed E-state index contributed by atoms with van der Waals surface area (Å²) < 4.78 is 31.5. The molecule has 4 aromatic carbocycles. The van der Waals surface area contributed by atoms with Crippen LogP contribution < -0.4 is 4.90 Å². The monoisotopic (exact) mass is 614 g/mol. The van der Waals surface area contributed by atoms with Gasteiger partial charge in [0.15, 0.2) is 5.71 Å². The van der Waals surface area contributed by atoms with Gasteiger partial charge < -0.3 is 4.90 Å². The molecule has 46 heavy (non-hydrogen) atoms. The second kappa shape index (κ2) is 12.3. The summed E-state index contributed by atoms with van der Waals surface area (Å²) in [5.41, 5.74) is 7.12. The summed E-state index contributed by atoms with van der Waals surface area (Å²) in [4.78, 5) is 2.22. The molecule has 0 saturated heterocycles. The number of fused-ring (bicyclic) bond motifs is 4. The van der Waals surface area contributed by atoms with Gasteiger partial charge >= 0.3 is 0 Å². The topological polar surface area (TPSA) is 30.0 Å². The van der Waals surface area contributed by atoms with Crippen molar-refractivity contribution in [2.75, 3.05) is 18.5 Å². The van der Waals surface area contributed by atoms with E-state index in [1.165, 1.54) is 42.3 Å². The van der Waals surface area contributed by atoms with E-state index in [1.54, 1.807) is 6.07 Å². The number of halogens is 2. The first-order chi connectivity index (χ1) is 22.1. The fraction of sp³-hybridized carbons (Fsp3) is 0.317. The van der Waals surface area contributed by atoms with Crippen LogP contribution in [0.2, 0.25) is 0 Å². The summed E-state index contributed by atoms with van der Waals surface area (Å²) in [6.45, 7) is 9.78. The van der Waals surface area contributed by atoms with Gasteiger partial charge in [-0.15, -0.1) is 0 Å². The summed E-state index contributed by atoms with van der Waals surface area (Å²) in [5, 5.41) is 11.9. The van der Waals surface area contributed by atoms with Crippen molar-refractivity contribution in [3.63, 3.8) is 0 Å². The van der Waals surface area contributed by atoms with Gasteiger partial charge in [0, 0.05) is 54.0 Å². The molecule has 0 bridgehead atoms. The van der Waals surface area contributed by atoms with Crippen LogP contribution in [0.25, 0.3) is 10.8 Å². The Morgan fingerprint density at radius 1 is 0.935 bits per heavy atom. The first kappa shape index (κ1) is 31.4. The smallest absolute Gasteiger partial charge is 0.209 e. The normalized spacial score (nSPS) is 19.3. The van der Waals surface area contributed by atoms with Crippen LogP contribution in [0.3, 0.4) is 0 Å². The highest BCUT2D eigenvalue weighted by molar-refractivity contribution is 6.03. The van der Waals surface area contributed by atoms with Crippen LogP contribution in [0.4, 0.5) is 20.2 Å². The summed E-state index contributed by atoms with van der Waals surface area (Å²) in [6.07, 6.45) is 11.6. The number of rotatable bonds is 9. The molecule has 2 aliphatic rings. The summed E-state index contributed by atoms with van der Waals surface area (Å²) in [5.74, 6) is -1.10. The molecule has 1 atom stereocenters. The SMILES string of the molecule is CCCCCC[N+]1=C(C=CC=C2N(C)c3ccc4ccccc4c3C2(C)Cc2ccc(F)cc2F)C(C)(C)c2cc(C#N)ccc21. The van der Waals surface area contributed by atoms with E-state index in [9.17, 15) is 9.65 Å². The van der Waals surface area contributed by atoms with E-state index in [1.807, 2.05) is 24.3 Å². The van der Waals surface area contributed by atoms with Crippen LogP contribution in [0.15, 0.2) is 96.7 Å². The molecule has 1 unspecified atom stereocenters. The third-order valence-corrected chi connectivity index (χ3v) is 10.1. The molecule has 3 nitrogen and oxygen atoms in total. The van der Waals surface area contributed by atoms with Crippen molar-refractivity contribution in [2.45, 2.75) is 70.6 Å². The third-order valence-electron chi connectivity index (χ3n) is 10.1. The molecular formula is C41H42F2N3+. The van der Waals surface area contributed by atoms with Gasteiger partial charge in [-0.05, 0) is 85.9 Å². The molecule has 0 radical (unpaired) electrons. The minimum Gasteiger partial charge on any atom is -0.347 e. The molecule has 2 heterocycles. The molecule has 0 spiro atoms. The fourth-order valence-electron chi connectivity index (χ4n) is 7.68. The van der Waals surface area contributed by atoms with Gasteiger partial charge in [-0.2, -0.15) is 9.84 Å². The van der Waals surface area contributed by atoms with E-state index < -0.39 is 17.0 Å². The lowest BCUT2D eigenvalue weighted by Crippen LogP contribution is -2.29. The van der Waals surface area contributed by atoms with E-state index in [0.29, 0.717) is 17.5 Å². The van der Waals surface area contributed by atoms with E-state index in [4.69, 9.17) is 0 Å². The van der Waals surface area contributed by atoms with Gasteiger partial charge in [0.05, 0.1) is 17.0 Å². The van der Waals surface area contributed by atoms with Gasteiger partial charge in [-0.3, -0.25) is 0 Å². The van der Waals surface area contributed by atoms with Gasteiger partial charge in [0.1, 0.15) is 18.2 Å². The minimum absolute atomic E-state index is 0.288. The Kier molecular flexibility index (Phi) is 8.42. The molecular weight excluding hydrogens is 572 g/mol. The number of nitriles is 1. The predicted molar refractivity (Wildman–Crippen MR) is 185 cm³/mol. The summed E-state index contributed by atoms with van der Waals surface area (Å²) >= 11 is 0. The van der Waals surface area contributed by atoms with Crippen molar-refractivity contribution in [1.29, 1.82) is 5.26 Å². The Hall–Kier alpha value is -4.56. The van der Waals surface area contributed by atoms with Crippen LogP contribution in [0.1, 0.15) is 75.6 Å². The molecule has 6 rings (SSSR count). The van der Waals surface area contributed by atoms with Crippen molar-refractivity contribution < 1.29 is 13.4 Å². The average molecular weight is 615 g/mol. The van der Waals surface area contributed by atoms with Gasteiger partial charge in [-0.1, -0.05) is 62.2 Å². The number of nitrogens with zero attached hydrogens (tertiary/aromatic N) is 3. The average Bonchev–Trinajstić information content (AvgIpc) is 3.39. The lowest BCUT2D eigenvalue weighted by atomic mass is 9.74. The molecule has 4 aromatic rings. The zero-order valence-corrected chi connectivity index (χ0v) is 27.5. The van der Waals surface area contributed by atoms with Crippen molar-refractivity contribution in [1.82, 2.24) is 0 Å². The highest BCUT2D eigenvalue weighted by atomic mass is 19.1. The lowest BCUT2D eigenvalue weighted by molar-refractivity contribution is -0.438. The number of hydrogen-bond acceptors (Lipinski definition) is 2. The van der Waals surface area contributed by atoms with Crippen LogP contribution in [0, 0.1) is 23.0 Å². The van der Waals surface area contributed by atoms with Crippen LogP contribution in [-0.4, -0.2) is 23.9 Å². The number of anilines is 1. The maximum atomic E-state index is 15.2. The second-order valence-electron chi connectivity index (χ2n) is 13.5. The van der Waals surface area contributed by atoms with Gasteiger partial charge in [-0.25, -0.2) is 8.78 Å². The summed E-state index contributed by atoms with van der Waals surface area (Å²) in [7, 11) is 2.07. The molecule has 2 aliphatic heterocycles. The standard InChI is InChI=1S/C41H42F2N3/c1-6-7-8-11-23-46-35-21-17-28(27-44)24-33(35)40(2,3)37(46)15-12-16-38-41(4,26-30-18-20-31(42)25-34(30)43)39-32-14-10-9-13-29(32)19-22-36(39)45(38)5/h9-10,12-22,24-25H,6-8,11,23,26H2,1-5H3/q+1. The van der Waals surface area contributed by atoms with E-state index in [0.717, 1.165) is 46.8 Å². The Balaban J connectivity index is 1.46. The second-order valence-corrected chi connectivity index (χ2v) is 13.5. The van der Waals surface area contributed by atoms with Gasteiger partial charge in [0.2, 0.25) is 5.69 Å². The van der Waals surface area contributed by atoms with E-state index in [-0.39, 0.29) is 5.41 Å². The number of allylic oxidation sites excluding steroid dienone is 4. The van der Waals surface area contributed by atoms with Crippen LogP contribution in [-0.2, 0) is 17.3 Å². The quantitative estimate of drug-likeness (QED) is 0.139. The van der Waals surface area contributed by atoms with Crippen LogP contribution >= 0.6 is 0 Å². The van der Waals surface area contributed by atoms with Gasteiger partial charge in [0.25, 0.3) is 0 Å². The molecule has 0 saturated carbocycles. The molecule has 0 aromatic heterocycles. The highest BCUT2D eigenvalue weighted by Crippen LogP contribution is 2.52. The largest absolute Gasteiger partial charge is 0.347 e. The van der Waals surface area contributed by atoms with Crippen LogP contribution in [0.5, 0.6) is 0 Å². The zero-order valence-electron chi connectivity index (χ0n) is 27.5. The number of benzene rings is 4. The highest BCUT2D eigenvalue weighted by Gasteiger charge is 2.45. The molecule has 0 amide bonds. The lowest BCUT2D eigenvalue weighted by Gasteiger charge is -2.29. The Labute approximate surface area is 271 Å². The van der Waals surface area contributed by atoms with Crippen molar-refractivity contribution in [3.8, 4) is 6.07 Å². The molecule has 5 heteroatoms. The fourth-order valence-corrected chi connectivity index (χ4v) is 7.68. The molecule has 234 valence electrons. The van der Waals surface area contributed by atoms with Crippen molar-refractivity contribution in [2.24, 2.45) is 0 Å². The number of likely N-dealkylation sites (N-methyl/N-ethyl adjacent to an activating group) is 1. The Morgan fingerprint density at radius 2 is 1.74 bits per heavy atom. The maximum Gasteiger partial charge on any atom is 0.209 e.